The quantitative estimate of drug-likeness (QED) is 0.904. The lowest BCUT2D eigenvalue weighted by Gasteiger charge is -2.24. The summed E-state index contributed by atoms with van der Waals surface area (Å²) < 4.78 is 20.9. The molecule has 0 amide bonds. The van der Waals surface area contributed by atoms with Crippen molar-refractivity contribution in [3.05, 3.63) is 29.8 Å². The van der Waals surface area contributed by atoms with Crippen LogP contribution >= 0.6 is 0 Å². The van der Waals surface area contributed by atoms with Gasteiger partial charge in [-0.3, -0.25) is 0 Å². The van der Waals surface area contributed by atoms with Crippen LogP contribution in [0.2, 0.25) is 0 Å². The van der Waals surface area contributed by atoms with Crippen LogP contribution in [0.4, 0.5) is 4.39 Å². The summed E-state index contributed by atoms with van der Waals surface area (Å²) in [5, 5.41) is 0. The molecule has 102 valence electrons. The molecule has 0 aliphatic carbocycles. The molecule has 0 bridgehead atoms. The monoisotopic (exact) mass is 263 g/mol. The first kappa shape index (κ1) is 12.6. The summed E-state index contributed by atoms with van der Waals surface area (Å²) in [6.45, 7) is 5.21. The zero-order valence-electron chi connectivity index (χ0n) is 11.2. The Labute approximate surface area is 111 Å². The second kappa shape index (κ2) is 4.28. The van der Waals surface area contributed by atoms with Crippen LogP contribution in [0.15, 0.2) is 18.2 Å². The summed E-state index contributed by atoms with van der Waals surface area (Å²) in [4.78, 5) is 4.62. The van der Waals surface area contributed by atoms with Crippen molar-refractivity contribution in [3.63, 3.8) is 0 Å². The predicted octanol–water partition coefficient (Wildman–Crippen LogP) is 2.33. The molecule has 1 aromatic carbocycles. The average Bonchev–Trinajstić information content (AvgIpc) is 2.93. The van der Waals surface area contributed by atoms with Gasteiger partial charge in [0.1, 0.15) is 17.2 Å². The number of benzene rings is 1. The highest BCUT2D eigenvalue weighted by Gasteiger charge is 2.37. The van der Waals surface area contributed by atoms with E-state index in [2.05, 4.69) is 18.8 Å². The van der Waals surface area contributed by atoms with E-state index in [4.69, 9.17) is 10.5 Å². The Bertz CT molecular complexity index is 614. The number of halogens is 1. The van der Waals surface area contributed by atoms with Crippen molar-refractivity contribution < 1.29 is 9.13 Å². The molecular formula is C14H18FN3O. The number of nitrogens with zero attached hydrogens (tertiary/aromatic N) is 2. The SMILES string of the molecule is CC(C)n1c(C2(N)CCOC2)nc2ccc(F)cc21. The second-order valence-corrected chi connectivity index (χ2v) is 5.49. The lowest BCUT2D eigenvalue weighted by atomic mass is 9.99. The zero-order chi connectivity index (χ0) is 13.6. The lowest BCUT2D eigenvalue weighted by molar-refractivity contribution is 0.175. The molecule has 1 aliphatic rings. The Hall–Kier alpha value is -1.46. The second-order valence-electron chi connectivity index (χ2n) is 5.49. The molecule has 19 heavy (non-hydrogen) atoms. The highest BCUT2D eigenvalue weighted by atomic mass is 19.1. The maximum Gasteiger partial charge on any atom is 0.132 e. The fraction of sp³-hybridized carbons (Fsp3) is 0.500. The molecule has 1 saturated heterocycles. The maximum absolute atomic E-state index is 13.5. The summed E-state index contributed by atoms with van der Waals surface area (Å²) in [6.07, 6.45) is 0.742. The Morgan fingerprint density at radius 3 is 2.89 bits per heavy atom. The van der Waals surface area contributed by atoms with Gasteiger partial charge in [-0.1, -0.05) is 0 Å². The van der Waals surface area contributed by atoms with Gasteiger partial charge in [-0.05, 0) is 38.5 Å². The summed E-state index contributed by atoms with van der Waals surface area (Å²) in [5.41, 5.74) is 7.42. The summed E-state index contributed by atoms with van der Waals surface area (Å²) in [5.74, 6) is 0.537. The zero-order valence-corrected chi connectivity index (χ0v) is 11.2. The first-order valence-electron chi connectivity index (χ1n) is 6.56. The minimum Gasteiger partial charge on any atom is -0.379 e. The first-order chi connectivity index (χ1) is 9.01. The Morgan fingerprint density at radius 1 is 1.47 bits per heavy atom. The molecule has 2 heterocycles. The van der Waals surface area contributed by atoms with Crippen molar-refractivity contribution in [2.24, 2.45) is 5.73 Å². The van der Waals surface area contributed by atoms with Crippen LogP contribution in [0.1, 0.15) is 32.1 Å². The standard InChI is InChI=1S/C14H18FN3O/c1-9(2)18-12-7-10(15)3-4-11(12)17-13(18)14(16)5-6-19-8-14/h3-4,7,9H,5-6,8,16H2,1-2H3. The first-order valence-corrected chi connectivity index (χ1v) is 6.56. The van der Waals surface area contributed by atoms with Crippen LogP contribution in [-0.4, -0.2) is 22.8 Å². The maximum atomic E-state index is 13.5. The van der Waals surface area contributed by atoms with Gasteiger partial charge in [0.05, 0.1) is 17.6 Å². The molecule has 0 saturated carbocycles. The van der Waals surface area contributed by atoms with E-state index in [-0.39, 0.29) is 11.9 Å². The van der Waals surface area contributed by atoms with Gasteiger partial charge in [0.2, 0.25) is 0 Å². The van der Waals surface area contributed by atoms with Crippen molar-refractivity contribution in [1.82, 2.24) is 9.55 Å². The van der Waals surface area contributed by atoms with Gasteiger partial charge in [0.15, 0.2) is 0 Å². The number of ether oxygens (including phenoxy) is 1. The fourth-order valence-electron chi connectivity index (χ4n) is 2.70. The van der Waals surface area contributed by atoms with E-state index < -0.39 is 5.54 Å². The third kappa shape index (κ3) is 1.93. The van der Waals surface area contributed by atoms with Gasteiger partial charge in [0.25, 0.3) is 0 Å². The number of fused-ring (bicyclic) bond motifs is 1. The van der Waals surface area contributed by atoms with Crippen LogP contribution in [0, 0.1) is 5.82 Å². The third-order valence-corrected chi connectivity index (χ3v) is 3.67. The highest BCUT2D eigenvalue weighted by Crippen LogP contribution is 2.32. The van der Waals surface area contributed by atoms with Gasteiger partial charge < -0.3 is 15.0 Å². The molecule has 1 fully saturated rings. The van der Waals surface area contributed by atoms with Gasteiger partial charge in [-0.2, -0.15) is 0 Å². The summed E-state index contributed by atoms with van der Waals surface area (Å²) >= 11 is 0. The Morgan fingerprint density at radius 2 is 2.26 bits per heavy atom. The normalized spacial score (nSPS) is 23.6. The van der Waals surface area contributed by atoms with Gasteiger partial charge in [-0.15, -0.1) is 0 Å². The largest absolute Gasteiger partial charge is 0.379 e. The smallest absolute Gasteiger partial charge is 0.132 e. The predicted molar refractivity (Wildman–Crippen MR) is 71.4 cm³/mol. The van der Waals surface area contributed by atoms with Gasteiger partial charge in [0, 0.05) is 12.6 Å². The molecular weight excluding hydrogens is 245 g/mol. The minimum atomic E-state index is -0.570. The Kier molecular flexibility index (Phi) is 2.83. The fourth-order valence-corrected chi connectivity index (χ4v) is 2.70. The molecule has 4 nitrogen and oxygen atoms in total. The van der Waals surface area contributed by atoms with E-state index in [1.807, 2.05) is 4.57 Å². The third-order valence-electron chi connectivity index (χ3n) is 3.67. The molecule has 2 aromatic rings. The summed E-state index contributed by atoms with van der Waals surface area (Å²) in [7, 11) is 0. The van der Waals surface area contributed by atoms with E-state index >= 15 is 0 Å². The molecule has 5 heteroatoms. The molecule has 1 aromatic heterocycles. The highest BCUT2D eigenvalue weighted by molar-refractivity contribution is 5.76. The van der Waals surface area contributed by atoms with Crippen LogP contribution in [-0.2, 0) is 10.3 Å². The van der Waals surface area contributed by atoms with E-state index in [9.17, 15) is 4.39 Å². The molecule has 3 rings (SSSR count). The van der Waals surface area contributed by atoms with Crippen LogP contribution in [0.3, 0.4) is 0 Å². The number of hydrogen-bond donors (Lipinski definition) is 1. The van der Waals surface area contributed by atoms with E-state index in [1.165, 1.54) is 12.1 Å². The lowest BCUT2D eigenvalue weighted by Crippen LogP contribution is -2.40. The van der Waals surface area contributed by atoms with Crippen LogP contribution in [0.25, 0.3) is 11.0 Å². The molecule has 1 unspecified atom stereocenters. The molecule has 1 atom stereocenters. The molecule has 0 radical (unpaired) electrons. The number of imidazole rings is 1. The van der Waals surface area contributed by atoms with Gasteiger partial charge in [-0.25, -0.2) is 9.37 Å². The number of nitrogens with two attached hydrogens (primary N) is 1. The van der Waals surface area contributed by atoms with Crippen molar-refractivity contribution in [2.45, 2.75) is 31.8 Å². The van der Waals surface area contributed by atoms with E-state index in [1.54, 1.807) is 6.07 Å². The van der Waals surface area contributed by atoms with E-state index in [0.29, 0.717) is 13.2 Å². The van der Waals surface area contributed by atoms with Crippen molar-refractivity contribution >= 4 is 11.0 Å². The molecule has 0 spiro atoms. The average molecular weight is 263 g/mol. The van der Waals surface area contributed by atoms with Crippen molar-refractivity contribution in [3.8, 4) is 0 Å². The van der Waals surface area contributed by atoms with Crippen molar-refractivity contribution in [2.75, 3.05) is 13.2 Å². The van der Waals surface area contributed by atoms with Gasteiger partial charge >= 0.3 is 0 Å². The molecule has 1 aliphatic heterocycles. The topological polar surface area (TPSA) is 53.1 Å². The van der Waals surface area contributed by atoms with Crippen LogP contribution in [0.5, 0.6) is 0 Å². The number of rotatable bonds is 2. The molecule has 2 N–H and O–H groups in total. The van der Waals surface area contributed by atoms with Crippen molar-refractivity contribution in [1.29, 1.82) is 0 Å². The number of aromatic nitrogens is 2. The van der Waals surface area contributed by atoms with E-state index in [0.717, 1.165) is 23.3 Å². The summed E-state index contributed by atoms with van der Waals surface area (Å²) in [6, 6.07) is 4.82. The Balaban J connectivity index is 2.26. The minimum absolute atomic E-state index is 0.169. The van der Waals surface area contributed by atoms with Crippen LogP contribution < -0.4 is 5.73 Å². The number of hydrogen-bond acceptors (Lipinski definition) is 3.